The van der Waals surface area contributed by atoms with Crippen molar-refractivity contribution in [3.05, 3.63) is 0 Å². The van der Waals surface area contributed by atoms with Crippen LogP contribution in [0.5, 0.6) is 0 Å². The van der Waals surface area contributed by atoms with E-state index >= 15 is 0 Å². The van der Waals surface area contributed by atoms with Crippen LogP contribution < -0.4 is 10.6 Å². The summed E-state index contributed by atoms with van der Waals surface area (Å²) in [5.74, 6) is 0.981. The van der Waals surface area contributed by atoms with Crippen LogP contribution in [0.2, 0.25) is 0 Å². The highest BCUT2D eigenvalue weighted by Crippen LogP contribution is 2.27. The smallest absolute Gasteiger partial charge is 0.221 e. The number of hydrogen-bond acceptors (Lipinski definition) is 2. The minimum absolute atomic E-state index is 0.154. The topological polar surface area (TPSA) is 41.1 Å². The molecule has 2 N–H and O–H groups in total. The third kappa shape index (κ3) is 4.97. The maximum absolute atomic E-state index is 11.4. The monoisotopic (exact) mass is 226 g/mol. The molecule has 1 saturated carbocycles. The average Bonchev–Trinajstić information content (AvgIpc) is 2.68. The Hall–Kier alpha value is -0.570. The lowest BCUT2D eigenvalue weighted by Gasteiger charge is -2.20. The highest BCUT2D eigenvalue weighted by atomic mass is 16.1. The van der Waals surface area contributed by atoms with Crippen LogP contribution in [0.1, 0.15) is 52.9 Å². The second kappa shape index (κ2) is 6.89. The van der Waals surface area contributed by atoms with Crippen molar-refractivity contribution in [1.82, 2.24) is 10.6 Å². The summed E-state index contributed by atoms with van der Waals surface area (Å²) in [5, 5.41) is 6.37. The Morgan fingerprint density at radius 1 is 1.25 bits per heavy atom. The Bertz CT molecular complexity index is 210. The van der Waals surface area contributed by atoms with E-state index in [9.17, 15) is 4.79 Å². The maximum atomic E-state index is 11.4. The van der Waals surface area contributed by atoms with Crippen LogP contribution in [-0.4, -0.2) is 24.5 Å². The van der Waals surface area contributed by atoms with Crippen molar-refractivity contribution in [2.24, 2.45) is 5.92 Å². The van der Waals surface area contributed by atoms with Crippen molar-refractivity contribution in [1.29, 1.82) is 0 Å². The van der Waals surface area contributed by atoms with E-state index in [0.29, 0.717) is 12.5 Å². The summed E-state index contributed by atoms with van der Waals surface area (Å²) in [5.41, 5.74) is 0. The van der Waals surface area contributed by atoms with Gasteiger partial charge in [-0.3, -0.25) is 4.79 Å². The highest BCUT2D eigenvalue weighted by Gasteiger charge is 2.20. The Morgan fingerprint density at radius 3 is 2.44 bits per heavy atom. The number of amides is 1. The predicted octanol–water partition coefficient (Wildman–Crippen LogP) is 2.07. The van der Waals surface area contributed by atoms with Gasteiger partial charge in [-0.15, -0.1) is 0 Å². The molecule has 0 bridgehead atoms. The van der Waals surface area contributed by atoms with E-state index in [4.69, 9.17) is 0 Å². The Morgan fingerprint density at radius 2 is 1.88 bits per heavy atom. The fraction of sp³-hybridized carbons (Fsp3) is 0.923. The van der Waals surface area contributed by atoms with Crippen LogP contribution in [0.4, 0.5) is 0 Å². The van der Waals surface area contributed by atoms with Crippen molar-refractivity contribution in [2.45, 2.75) is 65.0 Å². The molecule has 0 unspecified atom stereocenters. The maximum Gasteiger partial charge on any atom is 0.221 e. The van der Waals surface area contributed by atoms with Gasteiger partial charge in [-0.05, 0) is 39.5 Å². The van der Waals surface area contributed by atoms with Gasteiger partial charge in [0.05, 0.1) is 0 Å². The quantitative estimate of drug-likeness (QED) is 0.728. The summed E-state index contributed by atoms with van der Waals surface area (Å²) in [6, 6.07) is 0.814. The van der Waals surface area contributed by atoms with Gasteiger partial charge in [0, 0.05) is 25.0 Å². The van der Waals surface area contributed by atoms with Crippen molar-refractivity contribution in [2.75, 3.05) is 6.54 Å². The molecule has 1 aliphatic carbocycles. The molecule has 0 aromatic rings. The molecule has 0 heterocycles. The summed E-state index contributed by atoms with van der Waals surface area (Å²) in [4.78, 5) is 11.4. The molecule has 1 atom stereocenters. The van der Waals surface area contributed by atoms with E-state index in [2.05, 4.69) is 17.6 Å². The molecule has 1 amide bonds. The minimum Gasteiger partial charge on any atom is -0.354 e. The molecule has 16 heavy (non-hydrogen) atoms. The molecule has 0 aromatic carbocycles. The Labute approximate surface area is 99.4 Å². The molecule has 1 aliphatic rings. The Kier molecular flexibility index (Phi) is 5.81. The molecule has 1 fully saturated rings. The normalized spacial score (nSPS) is 19.0. The van der Waals surface area contributed by atoms with Crippen LogP contribution in [0.3, 0.4) is 0 Å². The first kappa shape index (κ1) is 13.5. The SMILES string of the molecule is CC(C)NC(=O)CCN[C@@H](C)C1CCCC1. The van der Waals surface area contributed by atoms with E-state index in [1.54, 1.807) is 0 Å². The molecule has 3 heteroatoms. The summed E-state index contributed by atoms with van der Waals surface area (Å²) in [6.45, 7) is 7.03. The van der Waals surface area contributed by atoms with Gasteiger partial charge in [0.2, 0.25) is 5.91 Å². The zero-order chi connectivity index (χ0) is 12.0. The molecular weight excluding hydrogens is 200 g/mol. The van der Waals surface area contributed by atoms with Gasteiger partial charge in [-0.1, -0.05) is 12.8 Å². The van der Waals surface area contributed by atoms with E-state index < -0.39 is 0 Å². The zero-order valence-corrected chi connectivity index (χ0v) is 10.9. The third-order valence-corrected chi connectivity index (χ3v) is 3.37. The molecule has 0 spiro atoms. The molecule has 1 rings (SSSR count). The van der Waals surface area contributed by atoms with Crippen molar-refractivity contribution in [3.63, 3.8) is 0 Å². The average molecular weight is 226 g/mol. The molecular formula is C13H26N2O. The fourth-order valence-corrected chi connectivity index (χ4v) is 2.43. The van der Waals surface area contributed by atoms with Crippen molar-refractivity contribution >= 4 is 5.91 Å². The first-order valence-corrected chi connectivity index (χ1v) is 6.62. The van der Waals surface area contributed by atoms with E-state index in [0.717, 1.165) is 12.5 Å². The van der Waals surface area contributed by atoms with Gasteiger partial charge >= 0.3 is 0 Å². The predicted molar refractivity (Wildman–Crippen MR) is 67.3 cm³/mol. The minimum atomic E-state index is 0.154. The summed E-state index contributed by atoms with van der Waals surface area (Å²) < 4.78 is 0. The molecule has 0 aromatic heterocycles. The number of rotatable bonds is 6. The third-order valence-electron chi connectivity index (χ3n) is 3.37. The molecule has 0 saturated heterocycles. The summed E-state index contributed by atoms with van der Waals surface area (Å²) in [7, 11) is 0. The van der Waals surface area contributed by atoms with Gasteiger partial charge in [-0.25, -0.2) is 0 Å². The first-order chi connectivity index (χ1) is 7.59. The largest absolute Gasteiger partial charge is 0.354 e. The van der Waals surface area contributed by atoms with Gasteiger partial charge in [0.15, 0.2) is 0 Å². The summed E-state index contributed by atoms with van der Waals surface area (Å²) >= 11 is 0. The fourth-order valence-electron chi connectivity index (χ4n) is 2.43. The summed E-state index contributed by atoms with van der Waals surface area (Å²) in [6.07, 6.45) is 6.06. The van der Waals surface area contributed by atoms with Crippen molar-refractivity contribution in [3.8, 4) is 0 Å². The second-order valence-electron chi connectivity index (χ2n) is 5.26. The lowest BCUT2D eigenvalue weighted by atomic mass is 10.00. The first-order valence-electron chi connectivity index (χ1n) is 6.62. The molecule has 0 aliphatic heterocycles. The van der Waals surface area contributed by atoms with Crippen molar-refractivity contribution < 1.29 is 4.79 Å². The number of carbonyl (C=O) groups excluding carboxylic acids is 1. The van der Waals surface area contributed by atoms with Crippen LogP contribution in [-0.2, 0) is 4.79 Å². The molecule has 94 valence electrons. The lowest BCUT2D eigenvalue weighted by Crippen LogP contribution is -2.37. The lowest BCUT2D eigenvalue weighted by molar-refractivity contribution is -0.121. The van der Waals surface area contributed by atoms with E-state index in [1.807, 2.05) is 13.8 Å². The standard InChI is InChI=1S/C13H26N2O/c1-10(2)15-13(16)8-9-14-11(3)12-6-4-5-7-12/h10-12,14H,4-9H2,1-3H3,(H,15,16)/t11-/m0/s1. The molecule has 0 radical (unpaired) electrons. The number of carbonyl (C=O) groups is 1. The number of hydrogen-bond donors (Lipinski definition) is 2. The van der Waals surface area contributed by atoms with Crippen LogP contribution in [0.25, 0.3) is 0 Å². The van der Waals surface area contributed by atoms with Gasteiger partial charge in [-0.2, -0.15) is 0 Å². The van der Waals surface area contributed by atoms with E-state index in [1.165, 1.54) is 25.7 Å². The van der Waals surface area contributed by atoms with Crippen LogP contribution in [0.15, 0.2) is 0 Å². The second-order valence-corrected chi connectivity index (χ2v) is 5.26. The highest BCUT2D eigenvalue weighted by molar-refractivity contribution is 5.76. The Balaban J connectivity index is 2.07. The zero-order valence-electron chi connectivity index (χ0n) is 10.9. The number of nitrogens with one attached hydrogen (secondary N) is 2. The van der Waals surface area contributed by atoms with Crippen LogP contribution >= 0.6 is 0 Å². The molecule has 3 nitrogen and oxygen atoms in total. The van der Waals surface area contributed by atoms with Gasteiger partial charge in [0.1, 0.15) is 0 Å². The van der Waals surface area contributed by atoms with Crippen LogP contribution in [0, 0.1) is 5.92 Å². The van der Waals surface area contributed by atoms with E-state index in [-0.39, 0.29) is 11.9 Å². The van der Waals surface area contributed by atoms with Gasteiger partial charge in [0.25, 0.3) is 0 Å². The van der Waals surface area contributed by atoms with Gasteiger partial charge < -0.3 is 10.6 Å².